The summed E-state index contributed by atoms with van der Waals surface area (Å²) in [5, 5.41) is -0.0449. The summed E-state index contributed by atoms with van der Waals surface area (Å²) in [6.07, 6.45) is -1.14. The van der Waals surface area contributed by atoms with Gasteiger partial charge in [-0.05, 0) is 12.2 Å². The van der Waals surface area contributed by atoms with Crippen molar-refractivity contribution >= 4 is 23.2 Å². The molecule has 1 atom stereocenters. The molecule has 0 N–H and O–H groups in total. The number of hydrogen-bond acceptors (Lipinski definition) is 1. The molecule has 0 aromatic carbocycles. The van der Waals surface area contributed by atoms with Crippen LogP contribution in [0.1, 0.15) is 0 Å². The number of hydrogen-bond donors (Lipinski definition) is 0. The molecule has 0 bridgehead atoms. The fourth-order valence-electron chi connectivity index (χ4n) is 0.729. The van der Waals surface area contributed by atoms with Crippen LogP contribution in [0, 0.1) is 0 Å². The lowest BCUT2D eigenvalue weighted by atomic mass is 10.3. The highest BCUT2D eigenvalue weighted by molar-refractivity contribution is 6.37. The minimum absolute atomic E-state index is 0.0247. The molecule has 68 valence electrons. The van der Waals surface area contributed by atoms with Gasteiger partial charge in [0.1, 0.15) is 5.50 Å². The Hall–Kier alpha value is -0.350. The standard InChI is InChI=1S/C6H4Cl2F3N/c7-4-2-1-3-12(5(4)8)6(9,10)11/h1-3,5H. The Kier molecular flexibility index (Phi) is 2.58. The second-order valence-corrected chi connectivity index (χ2v) is 2.95. The summed E-state index contributed by atoms with van der Waals surface area (Å²) in [5.74, 6) is 0. The largest absolute Gasteiger partial charge is 0.485 e. The predicted octanol–water partition coefficient (Wildman–Crippen LogP) is 3.02. The Bertz CT molecular complexity index is 233. The monoisotopic (exact) mass is 217 g/mol. The number of allylic oxidation sites excluding steroid dienone is 2. The average Bonchev–Trinajstić information content (AvgIpc) is 1.92. The van der Waals surface area contributed by atoms with Crippen molar-refractivity contribution < 1.29 is 13.2 Å². The Balaban J connectivity index is 2.84. The van der Waals surface area contributed by atoms with Crippen LogP contribution in [0.5, 0.6) is 0 Å². The molecular weight excluding hydrogens is 214 g/mol. The molecular formula is C6H4Cl2F3N. The summed E-state index contributed by atoms with van der Waals surface area (Å²) < 4.78 is 36.2. The van der Waals surface area contributed by atoms with Crippen LogP contribution in [0.15, 0.2) is 23.4 Å². The van der Waals surface area contributed by atoms with Gasteiger partial charge in [-0.15, -0.1) is 0 Å². The lowest BCUT2D eigenvalue weighted by molar-refractivity contribution is -0.228. The molecule has 1 heterocycles. The number of alkyl halides is 4. The zero-order valence-corrected chi connectivity index (χ0v) is 7.16. The molecule has 6 heteroatoms. The van der Waals surface area contributed by atoms with Crippen molar-refractivity contribution in [1.29, 1.82) is 0 Å². The van der Waals surface area contributed by atoms with Gasteiger partial charge in [0, 0.05) is 6.20 Å². The highest BCUT2D eigenvalue weighted by atomic mass is 35.5. The Labute approximate surface area is 77.0 Å². The van der Waals surface area contributed by atoms with Gasteiger partial charge in [-0.2, -0.15) is 13.2 Å². The van der Waals surface area contributed by atoms with Gasteiger partial charge in [0.25, 0.3) is 0 Å². The summed E-state index contributed by atoms with van der Waals surface area (Å²) in [5.41, 5.74) is -1.35. The second kappa shape index (κ2) is 3.18. The van der Waals surface area contributed by atoms with Gasteiger partial charge in [-0.1, -0.05) is 23.2 Å². The molecule has 0 spiro atoms. The number of halogens is 5. The van der Waals surface area contributed by atoms with Crippen molar-refractivity contribution in [1.82, 2.24) is 4.90 Å². The van der Waals surface area contributed by atoms with Crippen molar-refractivity contribution in [3.63, 3.8) is 0 Å². The van der Waals surface area contributed by atoms with Crippen LogP contribution in [0.25, 0.3) is 0 Å². The van der Waals surface area contributed by atoms with E-state index in [2.05, 4.69) is 0 Å². The van der Waals surface area contributed by atoms with E-state index in [1.165, 1.54) is 12.2 Å². The molecule has 1 unspecified atom stereocenters. The lowest BCUT2D eigenvalue weighted by Gasteiger charge is -2.29. The molecule has 0 saturated heterocycles. The molecule has 1 rings (SSSR count). The first kappa shape index (κ1) is 9.74. The van der Waals surface area contributed by atoms with E-state index in [0.717, 1.165) is 6.20 Å². The van der Waals surface area contributed by atoms with Crippen LogP contribution in [0.3, 0.4) is 0 Å². The first-order chi connectivity index (χ1) is 5.43. The maximum Gasteiger partial charge on any atom is 0.485 e. The van der Waals surface area contributed by atoms with Gasteiger partial charge in [-0.25, -0.2) is 0 Å². The summed E-state index contributed by atoms with van der Waals surface area (Å²) >= 11 is 10.8. The molecule has 0 aliphatic carbocycles. The van der Waals surface area contributed by atoms with E-state index in [1.54, 1.807) is 0 Å². The van der Waals surface area contributed by atoms with Gasteiger partial charge < -0.3 is 0 Å². The van der Waals surface area contributed by atoms with Crippen LogP contribution in [-0.4, -0.2) is 16.7 Å². The van der Waals surface area contributed by atoms with E-state index in [9.17, 15) is 13.2 Å². The molecule has 0 aromatic rings. The Morgan fingerprint density at radius 1 is 1.42 bits per heavy atom. The van der Waals surface area contributed by atoms with E-state index in [4.69, 9.17) is 23.2 Å². The lowest BCUT2D eigenvalue weighted by Crippen LogP contribution is -2.40. The van der Waals surface area contributed by atoms with Gasteiger partial charge in [0.05, 0.1) is 5.03 Å². The van der Waals surface area contributed by atoms with Crippen molar-refractivity contribution in [2.75, 3.05) is 0 Å². The van der Waals surface area contributed by atoms with Crippen LogP contribution < -0.4 is 0 Å². The average molecular weight is 218 g/mol. The minimum atomic E-state index is -4.49. The SMILES string of the molecule is FC(F)(F)N1C=CC=C(Cl)C1Cl. The number of nitrogens with zero attached hydrogens (tertiary/aromatic N) is 1. The molecule has 1 aliphatic heterocycles. The summed E-state index contributed by atoms with van der Waals surface area (Å²) in [7, 11) is 0. The van der Waals surface area contributed by atoms with Gasteiger partial charge in [0.15, 0.2) is 0 Å². The highest BCUT2D eigenvalue weighted by Gasteiger charge is 2.40. The van der Waals surface area contributed by atoms with Gasteiger partial charge >= 0.3 is 6.30 Å². The molecule has 1 aliphatic rings. The predicted molar refractivity (Wildman–Crippen MR) is 40.6 cm³/mol. The van der Waals surface area contributed by atoms with Crippen molar-refractivity contribution in [3.8, 4) is 0 Å². The normalized spacial score (nSPS) is 24.2. The third-order valence-electron chi connectivity index (χ3n) is 1.27. The topological polar surface area (TPSA) is 3.24 Å². The van der Waals surface area contributed by atoms with E-state index < -0.39 is 11.8 Å². The van der Waals surface area contributed by atoms with Gasteiger partial charge in [-0.3, -0.25) is 4.90 Å². The maximum atomic E-state index is 12.1. The quantitative estimate of drug-likeness (QED) is 0.446. The Morgan fingerprint density at radius 2 is 2.00 bits per heavy atom. The van der Waals surface area contributed by atoms with Crippen LogP contribution in [0.4, 0.5) is 13.2 Å². The van der Waals surface area contributed by atoms with Crippen molar-refractivity contribution in [2.24, 2.45) is 0 Å². The maximum absolute atomic E-state index is 12.1. The number of rotatable bonds is 0. The van der Waals surface area contributed by atoms with E-state index in [0.29, 0.717) is 0 Å². The fourth-order valence-corrected chi connectivity index (χ4v) is 1.15. The third kappa shape index (κ3) is 1.87. The smallest absolute Gasteiger partial charge is 0.269 e. The molecule has 0 fully saturated rings. The zero-order valence-electron chi connectivity index (χ0n) is 5.65. The van der Waals surface area contributed by atoms with Crippen molar-refractivity contribution in [3.05, 3.63) is 23.4 Å². The van der Waals surface area contributed by atoms with E-state index in [1.807, 2.05) is 0 Å². The minimum Gasteiger partial charge on any atom is -0.269 e. The molecule has 12 heavy (non-hydrogen) atoms. The highest BCUT2D eigenvalue weighted by Crippen LogP contribution is 2.32. The zero-order chi connectivity index (χ0) is 9.35. The summed E-state index contributed by atoms with van der Waals surface area (Å²) in [6.45, 7) is 0. The first-order valence-corrected chi connectivity index (χ1v) is 3.77. The molecule has 1 nitrogen and oxygen atoms in total. The van der Waals surface area contributed by atoms with Gasteiger partial charge in [0.2, 0.25) is 0 Å². The summed E-state index contributed by atoms with van der Waals surface area (Å²) in [4.78, 5) is 0.0247. The molecule has 0 amide bonds. The van der Waals surface area contributed by atoms with E-state index in [-0.39, 0.29) is 9.93 Å². The summed E-state index contributed by atoms with van der Waals surface area (Å²) in [6, 6.07) is 0. The van der Waals surface area contributed by atoms with Crippen molar-refractivity contribution in [2.45, 2.75) is 11.8 Å². The first-order valence-electron chi connectivity index (χ1n) is 2.96. The molecule has 0 aromatic heterocycles. The fraction of sp³-hybridized carbons (Fsp3) is 0.333. The van der Waals surface area contributed by atoms with Crippen LogP contribution >= 0.6 is 23.2 Å². The second-order valence-electron chi connectivity index (χ2n) is 2.10. The molecule has 0 radical (unpaired) electrons. The van der Waals surface area contributed by atoms with Crippen LogP contribution in [0.2, 0.25) is 0 Å². The Morgan fingerprint density at radius 3 is 2.42 bits per heavy atom. The van der Waals surface area contributed by atoms with Crippen LogP contribution in [-0.2, 0) is 0 Å². The molecule has 0 saturated carbocycles. The van der Waals surface area contributed by atoms with E-state index >= 15 is 0 Å². The third-order valence-corrected chi connectivity index (χ3v) is 2.16.